The second-order valence-corrected chi connectivity index (χ2v) is 10.1. The lowest BCUT2D eigenvalue weighted by molar-refractivity contribution is -0.0215. The average Bonchev–Trinajstić information content (AvgIpc) is 3.29. The highest BCUT2D eigenvalue weighted by atomic mass is 15.3. The molecule has 2 N–H and O–H groups in total. The van der Waals surface area contributed by atoms with E-state index in [-0.39, 0.29) is 0 Å². The van der Waals surface area contributed by atoms with Crippen LogP contribution in [0.15, 0.2) is 24.4 Å². The fourth-order valence-electron chi connectivity index (χ4n) is 6.64. The van der Waals surface area contributed by atoms with E-state index in [0.717, 1.165) is 37.4 Å². The minimum Gasteiger partial charge on any atom is -0.354 e. The van der Waals surface area contributed by atoms with Crippen molar-refractivity contribution in [1.29, 1.82) is 0 Å². The van der Waals surface area contributed by atoms with Gasteiger partial charge in [0.25, 0.3) is 0 Å². The van der Waals surface area contributed by atoms with E-state index < -0.39 is 0 Å². The lowest BCUT2D eigenvalue weighted by Crippen LogP contribution is -2.61. The van der Waals surface area contributed by atoms with Gasteiger partial charge in [0.05, 0.1) is 0 Å². The van der Waals surface area contributed by atoms with Crippen LogP contribution in [0, 0.1) is 11.3 Å². The number of nitrogens with one attached hydrogen (secondary N) is 2. The minimum absolute atomic E-state index is 0.480. The predicted octanol–water partition coefficient (Wildman–Crippen LogP) is 1.26. The maximum absolute atomic E-state index is 4.61. The normalized spacial score (nSPS) is 37.3. The summed E-state index contributed by atoms with van der Waals surface area (Å²) in [6.45, 7) is 10.7. The summed E-state index contributed by atoms with van der Waals surface area (Å²) in [7, 11) is 2.35. The molecule has 5 heterocycles. The maximum atomic E-state index is 4.61. The number of likely N-dealkylation sites (tertiary alicyclic amines) is 2. The molecule has 4 atom stereocenters. The molecule has 0 aromatic carbocycles. The number of piperidine rings is 2. The van der Waals surface area contributed by atoms with Gasteiger partial charge < -0.3 is 20.4 Å². The lowest BCUT2D eigenvalue weighted by atomic mass is 9.68. The number of piperazine rings is 1. The lowest BCUT2D eigenvalue weighted by Gasteiger charge is -2.53. The summed E-state index contributed by atoms with van der Waals surface area (Å²) in [6.07, 6.45) is 7.40. The van der Waals surface area contributed by atoms with Gasteiger partial charge in [0.1, 0.15) is 5.82 Å². The fourth-order valence-corrected chi connectivity index (χ4v) is 6.64. The third-order valence-electron chi connectivity index (χ3n) is 7.84. The molecule has 6 nitrogen and oxygen atoms in total. The predicted molar refractivity (Wildman–Crippen MR) is 118 cm³/mol. The van der Waals surface area contributed by atoms with Crippen LogP contribution in [-0.2, 0) is 0 Å². The summed E-state index contributed by atoms with van der Waals surface area (Å²) in [5.74, 6) is 1.86. The standard InChI is InChI=1S/C23H38N6/c1-27-15-19(21-16-28(12-10-25-21)22-5-2-3-8-26-22)13-23(17-27)7-4-11-29(18-23)20-6-9-24-14-20/h2-3,5,8,19-21,24-25H,4,6-7,9-18H2,1H3. The first-order valence-electron chi connectivity index (χ1n) is 11.7. The Kier molecular flexibility index (Phi) is 5.78. The number of hydrogen-bond donors (Lipinski definition) is 2. The summed E-state index contributed by atoms with van der Waals surface area (Å²) >= 11 is 0. The Balaban J connectivity index is 1.28. The van der Waals surface area contributed by atoms with E-state index in [2.05, 4.69) is 49.5 Å². The van der Waals surface area contributed by atoms with Crippen molar-refractivity contribution in [2.75, 3.05) is 70.9 Å². The Morgan fingerprint density at radius 2 is 2.10 bits per heavy atom. The van der Waals surface area contributed by atoms with Crippen molar-refractivity contribution in [3.05, 3.63) is 24.4 Å². The number of nitrogens with zero attached hydrogens (tertiary/aromatic N) is 4. The number of anilines is 1. The SMILES string of the molecule is CN1CC(C2CN(c3ccccn3)CCN2)CC2(CCCN(C3CCNC3)C2)C1. The van der Waals surface area contributed by atoms with Crippen molar-refractivity contribution >= 4 is 5.82 Å². The van der Waals surface area contributed by atoms with Crippen LogP contribution in [0.5, 0.6) is 0 Å². The smallest absolute Gasteiger partial charge is 0.128 e. The molecular formula is C23H38N6. The van der Waals surface area contributed by atoms with Gasteiger partial charge in [-0.1, -0.05) is 6.07 Å². The molecule has 1 spiro atoms. The van der Waals surface area contributed by atoms with Crippen LogP contribution in [0.25, 0.3) is 0 Å². The molecule has 1 aromatic heterocycles. The van der Waals surface area contributed by atoms with E-state index in [1.807, 2.05) is 12.3 Å². The van der Waals surface area contributed by atoms with Gasteiger partial charge in [-0.15, -0.1) is 0 Å². The van der Waals surface area contributed by atoms with Crippen molar-refractivity contribution in [1.82, 2.24) is 25.4 Å². The quantitative estimate of drug-likeness (QED) is 0.799. The Morgan fingerprint density at radius 3 is 2.93 bits per heavy atom. The van der Waals surface area contributed by atoms with Crippen LogP contribution >= 0.6 is 0 Å². The van der Waals surface area contributed by atoms with Crippen LogP contribution < -0.4 is 15.5 Å². The van der Waals surface area contributed by atoms with Gasteiger partial charge in [0.15, 0.2) is 0 Å². The third-order valence-corrected chi connectivity index (χ3v) is 7.84. The highest BCUT2D eigenvalue weighted by Gasteiger charge is 2.45. The van der Waals surface area contributed by atoms with Crippen molar-refractivity contribution in [3.63, 3.8) is 0 Å². The number of hydrogen-bond acceptors (Lipinski definition) is 6. The second-order valence-electron chi connectivity index (χ2n) is 10.1. The Bertz CT molecular complexity index is 663. The van der Waals surface area contributed by atoms with Crippen LogP contribution in [0.1, 0.15) is 25.7 Å². The molecule has 29 heavy (non-hydrogen) atoms. The summed E-state index contributed by atoms with van der Waals surface area (Å²) in [5.41, 5.74) is 0.480. The summed E-state index contributed by atoms with van der Waals surface area (Å²) in [6, 6.07) is 7.61. The van der Waals surface area contributed by atoms with Gasteiger partial charge in [0.2, 0.25) is 0 Å². The zero-order valence-corrected chi connectivity index (χ0v) is 18.0. The first-order chi connectivity index (χ1) is 14.2. The van der Waals surface area contributed by atoms with E-state index in [9.17, 15) is 0 Å². The number of pyridine rings is 1. The zero-order valence-electron chi connectivity index (χ0n) is 18.0. The Labute approximate surface area is 176 Å². The van der Waals surface area contributed by atoms with Gasteiger partial charge in [-0.05, 0) is 69.3 Å². The number of rotatable bonds is 3. The Morgan fingerprint density at radius 1 is 1.14 bits per heavy atom. The van der Waals surface area contributed by atoms with E-state index in [1.165, 1.54) is 65.0 Å². The molecule has 6 heteroatoms. The first-order valence-corrected chi connectivity index (χ1v) is 11.7. The van der Waals surface area contributed by atoms with E-state index >= 15 is 0 Å². The molecule has 160 valence electrons. The van der Waals surface area contributed by atoms with Crippen molar-refractivity contribution in [2.24, 2.45) is 11.3 Å². The van der Waals surface area contributed by atoms with Crippen LogP contribution in [0.2, 0.25) is 0 Å². The van der Waals surface area contributed by atoms with Crippen LogP contribution in [0.4, 0.5) is 5.82 Å². The summed E-state index contributed by atoms with van der Waals surface area (Å²) < 4.78 is 0. The average molecular weight is 399 g/mol. The monoisotopic (exact) mass is 398 g/mol. The van der Waals surface area contributed by atoms with E-state index in [4.69, 9.17) is 0 Å². The molecule has 4 saturated heterocycles. The molecule has 5 rings (SSSR count). The topological polar surface area (TPSA) is 46.7 Å². The Hall–Kier alpha value is -1.21. The highest BCUT2D eigenvalue weighted by Crippen LogP contribution is 2.42. The van der Waals surface area contributed by atoms with Crippen molar-refractivity contribution in [2.45, 2.75) is 37.8 Å². The van der Waals surface area contributed by atoms with Gasteiger partial charge in [-0.2, -0.15) is 0 Å². The molecule has 0 aliphatic carbocycles. The molecule has 1 aromatic rings. The highest BCUT2D eigenvalue weighted by molar-refractivity contribution is 5.38. The first kappa shape index (κ1) is 19.7. The van der Waals surface area contributed by atoms with Gasteiger partial charge in [0, 0.05) is 64.1 Å². The van der Waals surface area contributed by atoms with E-state index in [0.29, 0.717) is 11.5 Å². The van der Waals surface area contributed by atoms with Crippen LogP contribution in [0.3, 0.4) is 0 Å². The summed E-state index contributed by atoms with van der Waals surface area (Å²) in [5, 5.41) is 7.45. The molecule has 0 amide bonds. The molecule has 0 radical (unpaired) electrons. The molecule has 4 unspecified atom stereocenters. The molecule has 4 fully saturated rings. The molecular weight excluding hydrogens is 360 g/mol. The largest absolute Gasteiger partial charge is 0.354 e. The third kappa shape index (κ3) is 4.31. The fraction of sp³-hybridized carbons (Fsp3) is 0.783. The van der Waals surface area contributed by atoms with Gasteiger partial charge in [-0.3, -0.25) is 4.90 Å². The maximum Gasteiger partial charge on any atom is 0.128 e. The van der Waals surface area contributed by atoms with Crippen LogP contribution in [-0.4, -0.2) is 92.8 Å². The molecule has 4 aliphatic heterocycles. The number of aromatic nitrogens is 1. The van der Waals surface area contributed by atoms with E-state index in [1.54, 1.807) is 0 Å². The summed E-state index contributed by atoms with van der Waals surface area (Å²) in [4.78, 5) is 12.6. The second kappa shape index (κ2) is 8.50. The van der Waals surface area contributed by atoms with Crippen molar-refractivity contribution < 1.29 is 0 Å². The molecule has 4 aliphatic rings. The zero-order chi connectivity index (χ0) is 19.7. The van der Waals surface area contributed by atoms with Crippen molar-refractivity contribution in [3.8, 4) is 0 Å². The molecule has 0 saturated carbocycles. The molecule has 0 bridgehead atoms. The minimum atomic E-state index is 0.480. The van der Waals surface area contributed by atoms with Gasteiger partial charge >= 0.3 is 0 Å². The van der Waals surface area contributed by atoms with Gasteiger partial charge in [-0.25, -0.2) is 4.98 Å².